The van der Waals surface area contributed by atoms with Crippen LogP contribution in [0.25, 0.3) is 0 Å². The summed E-state index contributed by atoms with van der Waals surface area (Å²) in [5.41, 5.74) is 1.16. The molecule has 1 aromatic carbocycles. The Bertz CT molecular complexity index is 628. The van der Waals surface area contributed by atoms with Crippen molar-refractivity contribution in [3.63, 3.8) is 0 Å². The predicted octanol–water partition coefficient (Wildman–Crippen LogP) is 3.47. The van der Waals surface area contributed by atoms with E-state index in [2.05, 4.69) is 15.1 Å². The molecule has 1 aliphatic carbocycles. The van der Waals surface area contributed by atoms with Crippen molar-refractivity contribution >= 4 is 0 Å². The molecule has 0 bridgehead atoms. The van der Waals surface area contributed by atoms with Gasteiger partial charge in [0, 0.05) is 18.4 Å². The van der Waals surface area contributed by atoms with E-state index in [1.807, 2.05) is 12.1 Å². The predicted molar refractivity (Wildman–Crippen MR) is 79.9 cm³/mol. The van der Waals surface area contributed by atoms with E-state index in [4.69, 9.17) is 4.42 Å². The molecule has 0 amide bonds. The lowest BCUT2D eigenvalue weighted by molar-refractivity contribution is 0.192. The molecule has 0 N–H and O–H groups in total. The quantitative estimate of drug-likeness (QED) is 0.867. The SMILES string of the molecule is Fc1ccc(CN2CCC(c3nnc(C4CC4)o3)CC2)cc1. The van der Waals surface area contributed by atoms with Crippen molar-refractivity contribution in [2.75, 3.05) is 13.1 Å². The third-order valence-corrected chi connectivity index (χ3v) is 4.64. The normalized spacial score (nSPS) is 20.4. The average Bonchev–Trinajstić information content (AvgIpc) is 3.28. The molecular formula is C17H20FN3O. The van der Waals surface area contributed by atoms with Crippen LogP contribution in [0.2, 0.25) is 0 Å². The van der Waals surface area contributed by atoms with Crippen molar-refractivity contribution in [1.82, 2.24) is 15.1 Å². The molecule has 5 heteroatoms. The van der Waals surface area contributed by atoms with Crippen LogP contribution in [0, 0.1) is 5.82 Å². The fraction of sp³-hybridized carbons (Fsp3) is 0.529. The van der Waals surface area contributed by atoms with E-state index < -0.39 is 0 Å². The molecule has 2 aliphatic rings. The molecule has 4 nitrogen and oxygen atoms in total. The summed E-state index contributed by atoms with van der Waals surface area (Å²) in [5.74, 6) is 2.40. The zero-order chi connectivity index (χ0) is 14.9. The minimum absolute atomic E-state index is 0.176. The second kappa shape index (κ2) is 5.80. The minimum atomic E-state index is -0.176. The van der Waals surface area contributed by atoms with Crippen LogP contribution in [-0.4, -0.2) is 28.2 Å². The van der Waals surface area contributed by atoms with E-state index in [1.165, 1.54) is 25.0 Å². The highest BCUT2D eigenvalue weighted by Crippen LogP contribution is 2.40. The van der Waals surface area contributed by atoms with Crippen molar-refractivity contribution in [2.45, 2.75) is 44.1 Å². The molecule has 0 radical (unpaired) electrons. The Labute approximate surface area is 129 Å². The zero-order valence-corrected chi connectivity index (χ0v) is 12.5. The Morgan fingerprint density at radius 1 is 0.955 bits per heavy atom. The van der Waals surface area contributed by atoms with Crippen LogP contribution in [0.1, 0.15) is 54.9 Å². The largest absolute Gasteiger partial charge is 0.425 e. The summed E-state index contributed by atoms with van der Waals surface area (Å²) < 4.78 is 18.8. The lowest BCUT2D eigenvalue weighted by atomic mass is 9.96. The summed E-state index contributed by atoms with van der Waals surface area (Å²) in [6.45, 7) is 2.91. The smallest absolute Gasteiger partial charge is 0.219 e. The number of hydrogen-bond acceptors (Lipinski definition) is 4. The van der Waals surface area contributed by atoms with E-state index in [0.717, 1.165) is 49.8 Å². The number of rotatable bonds is 4. The van der Waals surface area contributed by atoms with Crippen LogP contribution in [0.4, 0.5) is 4.39 Å². The third kappa shape index (κ3) is 3.04. The Morgan fingerprint density at radius 3 is 2.14 bits per heavy atom. The van der Waals surface area contributed by atoms with Crippen LogP contribution in [0.5, 0.6) is 0 Å². The number of hydrogen-bond donors (Lipinski definition) is 0. The number of likely N-dealkylation sites (tertiary alicyclic amines) is 1. The van der Waals surface area contributed by atoms with Gasteiger partial charge in [-0.15, -0.1) is 10.2 Å². The molecule has 2 heterocycles. The van der Waals surface area contributed by atoms with Crippen LogP contribution >= 0.6 is 0 Å². The van der Waals surface area contributed by atoms with Gasteiger partial charge in [-0.3, -0.25) is 4.90 Å². The monoisotopic (exact) mass is 301 g/mol. The lowest BCUT2D eigenvalue weighted by Crippen LogP contribution is -2.32. The molecule has 2 fully saturated rings. The Hall–Kier alpha value is -1.75. The van der Waals surface area contributed by atoms with Crippen molar-refractivity contribution in [3.05, 3.63) is 47.4 Å². The Balaban J connectivity index is 1.32. The van der Waals surface area contributed by atoms with Crippen LogP contribution < -0.4 is 0 Å². The van der Waals surface area contributed by atoms with Gasteiger partial charge in [0.05, 0.1) is 0 Å². The molecule has 4 rings (SSSR count). The molecule has 116 valence electrons. The van der Waals surface area contributed by atoms with Gasteiger partial charge in [-0.2, -0.15) is 0 Å². The number of halogens is 1. The van der Waals surface area contributed by atoms with E-state index >= 15 is 0 Å². The van der Waals surface area contributed by atoms with Crippen LogP contribution in [-0.2, 0) is 6.54 Å². The standard InChI is InChI=1S/C17H20FN3O/c18-15-5-1-12(2-6-15)11-21-9-7-14(8-10-21)17-20-19-16(22-17)13-3-4-13/h1-2,5-6,13-14H,3-4,7-11H2. The fourth-order valence-corrected chi connectivity index (χ4v) is 3.09. The molecule has 22 heavy (non-hydrogen) atoms. The van der Waals surface area contributed by atoms with Crippen LogP contribution in [0.3, 0.4) is 0 Å². The summed E-state index contributed by atoms with van der Waals surface area (Å²) >= 11 is 0. The van der Waals surface area contributed by atoms with Gasteiger partial charge in [0.15, 0.2) is 0 Å². The van der Waals surface area contributed by atoms with Gasteiger partial charge >= 0.3 is 0 Å². The number of nitrogens with zero attached hydrogens (tertiary/aromatic N) is 3. The van der Waals surface area contributed by atoms with Crippen molar-refractivity contribution in [2.24, 2.45) is 0 Å². The third-order valence-electron chi connectivity index (χ3n) is 4.64. The average molecular weight is 301 g/mol. The van der Waals surface area contributed by atoms with Gasteiger partial charge in [0.1, 0.15) is 5.82 Å². The molecule has 1 aliphatic heterocycles. The molecular weight excluding hydrogens is 281 g/mol. The molecule has 0 atom stereocenters. The van der Waals surface area contributed by atoms with Gasteiger partial charge in [-0.1, -0.05) is 12.1 Å². The zero-order valence-electron chi connectivity index (χ0n) is 12.5. The maximum absolute atomic E-state index is 12.9. The fourth-order valence-electron chi connectivity index (χ4n) is 3.09. The number of benzene rings is 1. The summed E-state index contributed by atoms with van der Waals surface area (Å²) in [4.78, 5) is 2.40. The van der Waals surface area contributed by atoms with Gasteiger partial charge < -0.3 is 4.42 Å². The second-order valence-electron chi connectivity index (χ2n) is 6.43. The maximum atomic E-state index is 12.9. The summed E-state index contributed by atoms with van der Waals surface area (Å²) in [6.07, 6.45) is 4.48. The van der Waals surface area contributed by atoms with Gasteiger partial charge in [0.2, 0.25) is 11.8 Å². The van der Waals surface area contributed by atoms with E-state index in [0.29, 0.717) is 11.8 Å². The molecule has 0 spiro atoms. The first-order chi connectivity index (χ1) is 10.8. The van der Waals surface area contributed by atoms with Gasteiger partial charge in [0.25, 0.3) is 0 Å². The number of piperidine rings is 1. The molecule has 1 saturated heterocycles. The van der Waals surface area contributed by atoms with Crippen LogP contribution in [0.15, 0.2) is 28.7 Å². The topological polar surface area (TPSA) is 42.2 Å². The van der Waals surface area contributed by atoms with Crippen molar-refractivity contribution in [3.8, 4) is 0 Å². The molecule has 1 saturated carbocycles. The molecule has 0 unspecified atom stereocenters. The first kappa shape index (κ1) is 13.9. The molecule has 2 aromatic rings. The summed E-state index contributed by atoms with van der Waals surface area (Å²) in [5, 5.41) is 8.43. The summed E-state index contributed by atoms with van der Waals surface area (Å²) in [6, 6.07) is 6.78. The Kier molecular flexibility index (Phi) is 3.66. The minimum Gasteiger partial charge on any atom is -0.425 e. The first-order valence-electron chi connectivity index (χ1n) is 8.08. The second-order valence-corrected chi connectivity index (χ2v) is 6.43. The Morgan fingerprint density at radius 2 is 1.55 bits per heavy atom. The van der Waals surface area contributed by atoms with Crippen molar-refractivity contribution < 1.29 is 8.81 Å². The van der Waals surface area contributed by atoms with E-state index in [9.17, 15) is 4.39 Å². The van der Waals surface area contributed by atoms with Gasteiger partial charge in [-0.25, -0.2) is 4.39 Å². The van der Waals surface area contributed by atoms with E-state index in [-0.39, 0.29) is 5.82 Å². The molecule has 1 aromatic heterocycles. The first-order valence-corrected chi connectivity index (χ1v) is 8.08. The van der Waals surface area contributed by atoms with Gasteiger partial charge in [-0.05, 0) is 56.5 Å². The maximum Gasteiger partial charge on any atom is 0.219 e. The van der Waals surface area contributed by atoms with E-state index in [1.54, 1.807) is 0 Å². The summed E-state index contributed by atoms with van der Waals surface area (Å²) in [7, 11) is 0. The van der Waals surface area contributed by atoms with Crippen molar-refractivity contribution in [1.29, 1.82) is 0 Å². The highest BCUT2D eigenvalue weighted by Gasteiger charge is 2.31. The lowest BCUT2D eigenvalue weighted by Gasteiger charge is -2.30. The highest BCUT2D eigenvalue weighted by atomic mass is 19.1. The highest BCUT2D eigenvalue weighted by molar-refractivity contribution is 5.16. The number of aromatic nitrogens is 2.